The predicted octanol–water partition coefficient (Wildman–Crippen LogP) is 4.49. The molecule has 0 aliphatic carbocycles. The summed E-state index contributed by atoms with van der Waals surface area (Å²) >= 11 is 0. The predicted molar refractivity (Wildman–Crippen MR) is 118 cm³/mol. The molecule has 1 aromatic heterocycles. The molecule has 0 radical (unpaired) electrons. The summed E-state index contributed by atoms with van der Waals surface area (Å²) in [7, 11) is 0. The third-order valence-corrected chi connectivity index (χ3v) is 5.74. The van der Waals surface area contributed by atoms with Crippen LogP contribution in [0.3, 0.4) is 0 Å². The largest absolute Gasteiger partial charge is 0.447 e. The van der Waals surface area contributed by atoms with E-state index in [1.807, 2.05) is 24.3 Å². The van der Waals surface area contributed by atoms with Gasteiger partial charge in [0, 0.05) is 25.7 Å². The average molecular weight is 438 g/mol. The van der Waals surface area contributed by atoms with Crippen LogP contribution in [0.1, 0.15) is 53.3 Å². The van der Waals surface area contributed by atoms with Gasteiger partial charge in [-0.05, 0) is 43.0 Å². The SMILES string of the molecule is C[C@H](c1ccccc1)N(Cc1cccc(F)c1)Cc1nc(C(=O)NC[C@H]2CCCO2)co1. The Labute approximate surface area is 187 Å². The summed E-state index contributed by atoms with van der Waals surface area (Å²) in [6, 6.07) is 16.7. The van der Waals surface area contributed by atoms with Crippen LogP contribution < -0.4 is 5.32 Å². The van der Waals surface area contributed by atoms with Crippen LogP contribution in [0, 0.1) is 5.82 Å². The van der Waals surface area contributed by atoms with Crippen molar-refractivity contribution in [3.05, 3.63) is 89.4 Å². The Balaban J connectivity index is 1.46. The van der Waals surface area contributed by atoms with Gasteiger partial charge in [-0.3, -0.25) is 9.69 Å². The Morgan fingerprint density at radius 3 is 2.81 bits per heavy atom. The molecule has 2 heterocycles. The molecule has 168 valence electrons. The van der Waals surface area contributed by atoms with E-state index in [0.29, 0.717) is 25.5 Å². The Morgan fingerprint density at radius 1 is 1.22 bits per heavy atom. The summed E-state index contributed by atoms with van der Waals surface area (Å²) in [6.45, 7) is 4.20. The Kier molecular flexibility index (Phi) is 7.29. The summed E-state index contributed by atoms with van der Waals surface area (Å²) in [5.74, 6) is -0.106. The van der Waals surface area contributed by atoms with E-state index in [9.17, 15) is 9.18 Å². The monoisotopic (exact) mass is 437 g/mol. The lowest BCUT2D eigenvalue weighted by Crippen LogP contribution is -2.32. The zero-order valence-corrected chi connectivity index (χ0v) is 18.2. The fraction of sp³-hybridized carbons (Fsp3) is 0.360. The lowest BCUT2D eigenvalue weighted by molar-refractivity contribution is 0.0853. The van der Waals surface area contributed by atoms with Gasteiger partial charge in [0.25, 0.3) is 5.91 Å². The minimum Gasteiger partial charge on any atom is -0.447 e. The maximum absolute atomic E-state index is 13.7. The van der Waals surface area contributed by atoms with Crippen molar-refractivity contribution >= 4 is 5.91 Å². The van der Waals surface area contributed by atoms with E-state index in [2.05, 4.69) is 34.3 Å². The van der Waals surface area contributed by atoms with Gasteiger partial charge in [-0.2, -0.15) is 0 Å². The average Bonchev–Trinajstić information content (AvgIpc) is 3.49. The highest BCUT2D eigenvalue weighted by Crippen LogP contribution is 2.25. The highest BCUT2D eigenvalue weighted by Gasteiger charge is 2.22. The summed E-state index contributed by atoms with van der Waals surface area (Å²) in [5.41, 5.74) is 2.23. The highest BCUT2D eigenvalue weighted by molar-refractivity contribution is 5.91. The van der Waals surface area contributed by atoms with E-state index in [4.69, 9.17) is 9.15 Å². The van der Waals surface area contributed by atoms with Crippen LogP contribution in [0.15, 0.2) is 65.3 Å². The molecule has 1 aliphatic rings. The third-order valence-electron chi connectivity index (χ3n) is 5.74. The van der Waals surface area contributed by atoms with Crippen molar-refractivity contribution in [3.8, 4) is 0 Å². The number of aromatic nitrogens is 1. The first-order valence-electron chi connectivity index (χ1n) is 11.0. The molecule has 0 saturated carbocycles. The van der Waals surface area contributed by atoms with Gasteiger partial charge in [-0.15, -0.1) is 0 Å². The number of rotatable bonds is 9. The molecule has 1 saturated heterocycles. The van der Waals surface area contributed by atoms with Gasteiger partial charge in [-0.25, -0.2) is 9.37 Å². The second-order valence-electron chi connectivity index (χ2n) is 8.09. The first-order valence-corrected chi connectivity index (χ1v) is 11.0. The molecule has 1 N–H and O–H groups in total. The number of ether oxygens (including phenoxy) is 1. The van der Waals surface area contributed by atoms with E-state index >= 15 is 0 Å². The number of carbonyl (C=O) groups is 1. The molecular formula is C25H28FN3O3. The van der Waals surface area contributed by atoms with Crippen molar-refractivity contribution in [1.29, 1.82) is 0 Å². The second-order valence-corrected chi connectivity index (χ2v) is 8.09. The highest BCUT2D eigenvalue weighted by atomic mass is 19.1. The lowest BCUT2D eigenvalue weighted by Gasteiger charge is -2.28. The first-order chi connectivity index (χ1) is 15.6. The quantitative estimate of drug-likeness (QED) is 0.534. The fourth-order valence-electron chi connectivity index (χ4n) is 3.91. The van der Waals surface area contributed by atoms with Gasteiger partial charge in [-0.1, -0.05) is 42.5 Å². The van der Waals surface area contributed by atoms with Crippen molar-refractivity contribution < 1.29 is 18.3 Å². The Hall–Kier alpha value is -3.03. The Bertz CT molecular complexity index is 1020. The zero-order chi connectivity index (χ0) is 22.3. The van der Waals surface area contributed by atoms with Gasteiger partial charge in [0.1, 0.15) is 12.1 Å². The van der Waals surface area contributed by atoms with Crippen LogP contribution in [-0.4, -0.2) is 35.0 Å². The molecule has 4 rings (SSSR count). The minimum atomic E-state index is -0.275. The minimum absolute atomic E-state index is 0.0307. The second kappa shape index (κ2) is 10.5. The van der Waals surface area contributed by atoms with Crippen LogP contribution in [0.2, 0.25) is 0 Å². The van der Waals surface area contributed by atoms with Crippen molar-refractivity contribution in [2.45, 2.75) is 45.0 Å². The summed E-state index contributed by atoms with van der Waals surface area (Å²) in [4.78, 5) is 19.0. The molecule has 1 amide bonds. The molecule has 0 spiro atoms. The van der Waals surface area contributed by atoms with Crippen LogP contribution >= 0.6 is 0 Å². The number of oxazole rings is 1. The number of hydrogen-bond donors (Lipinski definition) is 1. The van der Waals surface area contributed by atoms with Crippen molar-refractivity contribution in [2.75, 3.05) is 13.2 Å². The number of carbonyl (C=O) groups excluding carboxylic acids is 1. The summed E-state index contributed by atoms with van der Waals surface area (Å²) < 4.78 is 24.9. The molecular weight excluding hydrogens is 409 g/mol. The lowest BCUT2D eigenvalue weighted by atomic mass is 10.1. The smallest absolute Gasteiger partial charge is 0.273 e. The molecule has 32 heavy (non-hydrogen) atoms. The molecule has 1 fully saturated rings. The number of halogens is 1. The standard InChI is InChI=1S/C25H28FN3O3/c1-18(20-8-3-2-4-9-20)29(15-19-7-5-10-21(26)13-19)16-24-28-23(17-32-24)25(30)27-14-22-11-6-12-31-22/h2-5,7-10,13,17-18,22H,6,11-12,14-16H2,1H3,(H,27,30)/t18-,22-/m1/s1. The van der Waals surface area contributed by atoms with E-state index < -0.39 is 0 Å². The van der Waals surface area contributed by atoms with Crippen molar-refractivity contribution in [1.82, 2.24) is 15.2 Å². The number of amides is 1. The molecule has 0 bridgehead atoms. The molecule has 1 aliphatic heterocycles. The van der Waals surface area contributed by atoms with Gasteiger partial charge in [0.15, 0.2) is 5.69 Å². The fourth-order valence-corrected chi connectivity index (χ4v) is 3.91. The Morgan fingerprint density at radius 2 is 2.06 bits per heavy atom. The maximum Gasteiger partial charge on any atom is 0.273 e. The van der Waals surface area contributed by atoms with Gasteiger partial charge >= 0.3 is 0 Å². The number of nitrogens with one attached hydrogen (secondary N) is 1. The molecule has 2 aromatic carbocycles. The number of nitrogens with zero attached hydrogens (tertiary/aromatic N) is 2. The summed E-state index contributed by atoms with van der Waals surface area (Å²) in [6.07, 6.45) is 3.43. The summed E-state index contributed by atoms with van der Waals surface area (Å²) in [5, 5.41) is 2.86. The van der Waals surface area contributed by atoms with E-state index in [-0.39, 0.29) is 29.6 Å². The van der Waals surface area contributed by atoms with Gasteiger partial charge < -0.3 is 14.5 Å². The molecule has 0 unspecified atom stereocenters. The van der Waals surface area contributed by atoms with E-state index in [0.717, 1.165) is 30.6 Å². The number of benzene rings is 2. The third kappa shape index (κ3) is 5.81. The topological polar surface area (TPSA) is 67.6 Å². The number of hydrogen-bond acceptors (Lipinski definition) is 5. The normalized spacial score (nSPS) is 16.9. The first kappa shape index (κ1) is 22.2. The van der Waals surface area contributed by atoms with E-state index in [1.165, 1.54) is 18.4 Å². The molecule has 7 heteroatoms. The molecule has 3 aromatic rings. The van der Waals surface area contributed by atoms with Crippen molar-refractivity contribution in [2.24, 2.45) is 0 Å². The van der Waals surface area contributed by atoms with Crippen LogP contribution in [0.5, 0.6) is 0 Å². The van der Waals surface area contributed by atoms with Crippen LogP contribution in [-0.2, 0) is 17.8 Å². The van der Waals surface area contributed by atoms with Crippen molar-refractivity contribution in [3.63, 3.8) is 0 Å². The maximum atomic E-state index is 13.7. The molecule has 6 nitrogen and oxygen atoms in total. The van der Waals surface area contributed by atoms with E-state index in [1.54, 1.807) is 6.07 Å². The molecule has 2 atom stereocenters. The van der Waals surface area contributed by atoms with Gasteiger partial charge in [0.05, 0.1) is 12.6 Å². The van der Waals surface area contributed by atoms with Gasteiger partial charge in [0.2, 0.25) is 5.89 Å². The van der Waals surface area contributed by atoms with Crippen LogP contribution in [0.25, 0.3) is 0 Å². The zero-order valence-electron chi connectivity index (χ0n) is 18.2. The van der Waals surface area contributed by atoms with Crippen LogP contribution in [0.4, 0.5) is 4.39 Å².